The second kappa shape index (κ2) is 6.25. The zero-order chi connectivity index (χ0) is 13.0. The molecule has 0 spiro atoms. The molecule has 2 bridgehead atoms. The minimum Gasteiger partial charge on any atom is -0.352 e. The van der Waals surface area contributed by atoms with Crippen LogP contribution in [0, 0.1) is 0 Å². The Balaban J connectivity index is 1.71. The molecule has 0 aromatic heterocycles. The molecule has 100 valence electrons. The van der Waals surface area contributed by atoms with E-state index in [1.807, 2.05) is 0 Å². The number of fused-ring (bicyclic) bond motifs is 2. The number of rotatable bonds is 7. The molecule has 0 amide bonds. The quantitative estimate of drug-likeness (QED) is 0.395. The van der Waals surface area contributed by atoms with Crippen molar-refractivity contribution in [3.8, 4) is 0 Å². The lowest BCUT2D eigenvalue weighted by Gasteiger charge is -2.15. The molecule has 1 heterocycles. The Hall–Kier alpha value is -1.00. The van der Waals surface area contributed by atoms with Gasteiger partial charge in [0.15, 0.2) is 6.29 Å². The lowest BCUT2D eigenvalue weighted by atomic mass is 10.1. The van der Waals surface area contributed by atoms with Crippen LogP contribution in [0.4, 0.5) is 0 Å². The van der Waals surface area contributed by atoms with Crippen LogP contribution in [0.3, 0.4) is 0 Å². The van der Waals surface area contributed by atoms with Gasteiger partial charge in [0.25, 0.3) is 0 Å². The number of nitrogens with zero attached hydrogens (tertiary/aromatic N) is 2. The van der Waals surface area contributed by atoms with Crippen LogP contribution in [0.1, 0.15) is 32.1 Å². The fourth-order valence-electron chi connectivity index (χ4n) is 2.70. The van der Waals surface area contributed by atoms with Crippen LogP contribution in [0.2, 0.25) is 0 Å². The van der Waals surface area contributed by atoms with Crippen LogP contribution in [0.15, 0.2) is 34.0 Å². The van der Waals surface area contributed by atoms with Gasteiger partial charge in [0.05, 0.1) is 12.1 Å². The molecule has 1 fully saturated rings. The predicted molar refractivity (Wildman–Crippen MR) is 70.5 cm³/mol. The van der Waals surface area contributed by atoms with Crippen LogP contribution < -0.4 is 0 Å². The maximum Gasteiger partial charge on any atom is 0.178 e. The predicted octanol–water partition coefficient (Wildman–Crippen LogP) is 3.26. The van der Waals surface area contributed by atoms with Crippen LogP contribution in [-0.2, 0) is 9.47 Å². The van der Waals surface area contributed by atoms with E-state index in [2.05, 4.69) is 22.9 Å². The molecule has 0 aromatic rings. The topological polar surface area (TPSA) is 43.2 Å². The lowest BCUT2D eigenvalue weighted by Crippen LogP contribution is -2.15. The van der Waals surface area contributed by atoms with Crippen molar-refractivity contribution >= 4 is 0 Å². The van der Waals surface area contributed by atoms with E-state index in [4.69, 9.17) is 9.47 Å². The van der Waals surface area contributed by atoms with E-state index in [9.17, 15) is 0 Å². The molecule has 4 heteroatoms. The highest BCUT2D eigenvalue weighted by molar-refractivity contribution is 5.26. The summed E-state index contributed by atoms with van der Waals surface area (Å²) in [6.45, 7) is 4.00. The average molecular weight is 250 g/mol. The van der Waals surface area contributed by atoms with E-state index in [0.29, 0.717) is 12.1 Å². The molecule has 0 aromatic carbocycles. The summed E-state index contributed by atoms with van der Waals surface area (Å²) in [7, 11) is 3.28. The Morgan fingerprint density at radius 2 is 1.94 bits per heavy atom. The zero-order valence-electron chi connectivity index (χ0n) is 11.3. The minimum atomic E-state index is -0.273. The van der Waals surface area contributed by atoms with Gasteiger partial charge >= 0.3 is 0 Å². The van der Waals surface area contributed by atoms with Crippen molar-refractivity contribution in [1.29, 1.82) is 0 Å². The van der Waals surface area contributed by atoms with E-state index in [-0.39, 0.29) is 6.29 Å². The molecule has 1 aliphatic heterocycles. The molecule has 1 aliphatic carbocycles. The normalized spacial score (nSPS) is 27.6. The molecule has 4 nitrogen and oxygen atoms in total. The number of unbranched alkanes of at least 4 members (excludes halogenated alkanes) is 1. The molecule has 1 saturated carbocycles. The van der Waals surface area contributed by atoms with Crippen molar-refractivity contribution in [2.75, 3.05) is 14.2 Å². The summed E-state index contributed by atoms with van der Waals surface area (Å²) in [5.41, 5.74) is 2.44. The van der Waals surface area contributed by atoms with Crippen LogP contribution >= 0.6 is 0 Å². The van der Waals surface area contributed by atoms with Crippen molar-refractivity contribution < 1.29 is 9.47 Å². The van der Waals surface area contributed by atoms with Crippen LogP contribution in [0.25, 0.3) is 0 Å². The standard InChI is InChI=1S/C14H22N2O2/c1-10(14(17-2)18-3)6-4-5-7-11-12-8-9-13(11)16-15-12/h7,12-14H,1,4-6,8-9H2,2-3H3/t12-,13+. The zero-order valence-corrected chi connectivity index (χ0v) is 11.3. The highest BCUT2D eigenvalue weighted by Crippen LogP contribution is 2.37. The first kappa shape index (κ1) is 13.4. The van der Waals surface area contributed by atoms with Gasteiger partial charge in [-0.25, -0.2) is 0 Å². The smallest absolute Gasteiger partial charge is 0.178 e. The summed E-state index contributed by atoms with van der Waals surface area (Å²) in [5, 5.41) is 8.51. The van der Waals surface area contributed by atoms with Gasteiger partial charge in [-0.1, -0.05) is 12.7 Å². The fraction of sp³-hybridized carbons (Fsp3) is 0.714. The number of allylic oxidation sites excluding steroid dienone is 1. The summed E-state index contributed by atoms with van der Waals surface area (Å²) in [6.07, 6.45) is 7.48. The van der Waals surface area contributed by atoms with E-state index >= 15 is 0 Å². The summed E-state index contributed by atoms with van der Waals surface area (Å²) in [6, 6.07) is 0.785. The number of ether oxygens (including phenoxy) is 2. The number of methoxy groups -OCH3 is 2. The van der Waals surface area contributed by atoms with E-state index in [1.54, 1.807) is 14.2 Å². The molecule has 0 N–H and O–H groups in total. The summed E-state index contributed by atoms with van der Waals surface area (Å²) in [4.78, 5) is 0. The molecule has 2 aliphatic rings. The van der Waals surface area contributed by atoms with Crippen LogP contribution in [0.5, 0.6) is 0 Å². The van der Waals surface area contributed by atoms with Crippen molar-refractivity contribution in [3.63, 3.8) is 0 Å². The molecular weight excluding hydrogens is 228 g/mol. The molecule has 2 atom stereocenters. The third-order valence-electron chi connectivity index (χ3n) is 3.67. The van der Waals surface area contributed by atoms with Gasteiger partial charge < -0.3 is 9.47 Å². The Bertz CT molecular complexity index is 343. The van der Waals surface area contributed by atoms with E-state index in [0.717, 1.165) is 24.8 Å². The minimum absolute atomic E-state index is 0.273. The lowest BCUT2D eigenvalue weighted by molar-refractivity contribution is -0.0764. The summed E-state index contributed by atoms with van der Waals surface area (Å²) >= 11 is 0. The number of hydrogen-bond acceptors (Lipinski definition) is 4. The van der Waals surface area contributed by atoms with Crippen LogP contribution in [-0.4, -0.2) is 32.6 Å². The Labute approximate surface area is 109 Å². The third kappa shape index (κ3) is 2.87. The van der Waals surface area contributed by atoms with E-state index in [1.165, 1.54) is 18.4 Å². The first-order valence-electron chi connectivity index (χ1n) is 6.59. The van der Waals surface area contributed by atoms with Gasteiger partial charge in [-0.3, -0.25) is 0 Å². The molecule has 2 rings (SSSR count). The average Bonchev–Trinajstić information content (AvgIpc) is 2.95. The van der Waals surface area contributed by atoms with Gasteiger partial charge in [-0.05, 0) is 43.3 Å². The maximum absolute atomic E-state index is 5.17. The highest BCUT2D eigenvalue weighted by atomic mass is 16.7. The Kier molecular flexibility index (Phi) is 4.66. The van der Waals surface area contributed by atoms with E-state index < -0.39 is 0 Å². The third-order valence-corrected chi connectivity index (χ3v) is 3.67. The van der Waals surface area contributed by atoms with Gasteiger partial charge in [0, 0.05) is 14.2 Å². The summed E-state index contributed by atoms with van der Waals surface area (Å²) in [5.74, 6) is 0. The van der Waals surface area contributed by atoms with Gasteiger partial charge in [0.1, 0.15) is 0 Å². The largest absolute Gasteiger partial charge is 0.352 e. The first-order chi connectivity index (χ1) is 8.76. The van der Waals surface area contributed by atoms with Crippen molar-refractivity contribution in [1.82, 2.24) is 0 Å². The maximum atomic E-state index is 5.17. The molecular formula is C14H22N2O2. The highest BCUT2D eigenvalue weighted by Gasteiger charge is 2.34. The second-order valence-electron chi connectivity index (χ2n) is 4.90. The molecule has 0 radical (unpaired) electrons. The second-order valence-corrected chi connectivity index (χ2v) is 4.90. The van der Waals surface area contributed by atoms with Gasteiger partial charge in [-0.15, -0.1) is 0 Å². The van der Waals surface area contributed by atoms with Crippen molar-refractivity contribution in [2.24, 2.45) is 10.2 Å². The molecule has 18 heavy (non-hydrogen) atoms. The number of azo groups is 1. The van der Waals surface area contributed by atoms with Crippen molar-refractivity contribution in [3.05, 3.63) is 23.8 Å². The van der Waals surface area contributed by atoms with Gasteiger partial charge in [-0.2, -0.15) is 10.2 Å². The first-order valence-corrected chi connectivity index (χ1v) is 6.59. The summed E-state index contributed by atoms with van der Waals surface area (Å²) < 4.78 is 10.3. The Morgan fingerprint density at radius 3 is 2.44 bits per heavy atom. The Morgan fingerprint density at radius 1 is 1.33 bits per heavy atom. The molecule has 0 saturated heterocycles. The number of hydrogen-bond donors (Lipinski definition) is 0. The fourth-order valence-corrected chi connectivity index (χ4v) is 2.70. The van der Waals surface area contributed by atoms with Gasteiger partial charge in [0.2, 0.25) is 0 Å². The molecule has 0 unspecified atom stereocenters. The SMILES string of the molecule is C=C(CCCC=C1[C@@H]2CC[C@H]1N=N2)C(OC)OC. The monoisotopic (exact) mass is 250 g/mol. The van der Waals surface area contributed by atoms with Crippen molar-refractivity contribution in [2.45, 2.75) is 50.5 Å².